The third-order valence-corrected chi connectivity index (χ3v) is 7.23. The van der Waals surface area contributed by atoms with Crippen molar-refractivity contribution in [2.24, 2.45) is 5.92 Å². The van der Waals surface area contributed by atoms with E-state index in [1.807, 2.05) is 51.3 Å². The first-order valence-electron chi connectivity index (χ1n) is 10.9. The number of carbonyl (C=O) groups is 1. The molecule has 1 saturated heterocycles. The van der Waals surface area contributed by atoms with Crippen LogP contribution in [0, 0.1) is 12.8 Å². The van der Waals surface area contributed by atoms with Crippen molar-refractivity contribution in [3.05, 3.63) is 69.3 Å². The van der Waals surface area contributed by atoms with Crippen LogP contribution in [0.15, 0.2) is 53.1 Å². The number of carbonyl (C=O) groups excluding carboxylic acids is 1. The van der Waals surface area contributed by atoms with Crippen LogP contribution in [0.25, 0.3) is 0 Å². The molecule has 5 heteroatoms. The van der Waals surface area contributed by atoms with Crippen molar-refractivity contribution in [3.8, 4) is 0 Å². The van der Waals surface area contributed by atoms with Gasteiger partial charge in [-0.2, -0.15) is 0 Å². The van der Waals surface area contributed by atoms with Crippen LogP contribution in [0.2, 0.25) is 5.02 Å². The highest BCUT2D eigenvalue weighted by molar-refractivity contribution is 8.00. The summed E-state index contributed by atoms with van der Waals surface area (Å²) in [7, 11) is 2.19. The van der Waals surface area contributed by atoms with E-state index < -0.39 is 0 Å². The molecule has 2 aliphatic heterocycles. The Balaban J connectivity index is 0.00000155. The summed E-state index contributed by atoms with van der Waals surface area (Å²) in [6.07, 6.45) is 5.59. The molecule has 0 aliphatic carbocycles. The van der Waals surface area contributed by atoms with Crippen molar-refractivity contribution in [2.45, 2.75) is 47.0 Å². The number of rotatable bonds is 5. The van der Waals surface area contributed by atoms with E-state index in [0.29, 0.717) is 16.2 Å². The minimum atomic E-state index is -0.0485. The first-order chi connectivity index (χ1) is 14.4. The van der Waals surface area contributed by atoms with Gasteiger partial charge in [-0.15, -0.1) is 0 Å². The van der Waals surface area contributed by atoms with Crippen molar-refractivity contribution < 1.29 is 4.79 Å². The topological polar surface area (TPSA) is 23.6 Å². The Morgan fingerprint density at radius 1 is 1.23 bits per heavy atom. The molecular weight excluding hydrogens is 412 g/mol. The summed E-state index contributed by atoms with van der Waals surface area (Å²) in [4.78, 5) is 15.8. The molecule has 1 fully saturated rings. The molecule has 30 heavy (non-hydrogen) atoms. The van der Waals surface area contributed by atoms with Gasteiger partial charge in [0.05, 0.1) is 5.02 Å². The molecule has 0 atom stereocenters. The van der Waals surface area contributed by atoms with E-state index in [1.54, 1.807) is 18.0 Å². The molecule has 164 valence electrons. The standard InChI is InChI=1S/C23H29ClN2OS.C2H6/c1-16-11-15-28-26(14-10-19-8-12-25(4)13-9-19)18(3)21(16)23(27)20-7-5-6-17(2)22(20)24;1-2/h5-7,11,15,19H,1,8-10,12-14H2,2-4H3;1-2H3. The fourth-order valence-corrected chi connectivity index (χ4v) is 4.89. The average Bonchev–Trinajstić information content (AvgIpc) is 2.88. The first kappa shape index (κ1) is 24.8. The minimum absolute atomic E-state index is 0.0485. The number of benzene rings is 1. The number of allylic oxidation sites excluding steroid dienone is 4. The monoisotopic (exact) mass is 446 g/mol. The minimum Gasteiger partial charge on any atom is -0.316 e. The van der Waals surface area contributed by atoms with Crippen LogP contribution in [0.1, 0.15) is 56.0 Å². The van der Waals surface area contributed by atoms with Crippen molar-refractivity contribution in [1.82, 2.24) is 9.21 Å². The lowest BCUT2D eigenvalue weighted by Crippen LogP contribution is -2.31. The summed E-state index contributed by atoms with van der Waals surface area (Å²) in [5.74, 6) is 0.707. The Bertz CT molecular complexity index is 822. The Labute approximate surface area is 192 Å². The number of hydrogen-bond acceptors (Lipinski definition) is 4. The van der Waals surface area contributed by atoms with E-state index in [1.165, 1.54) is 25.9 Å². The fraction of sp³-hybridized carbons (Fsp3) is 0.480. The molecule has 2 heterocycles. The summed E-state index contributed by atoms with van der Waals surface area (Å²) >= 11 is 8.09. The van der Waals surface area contributed by atoms with Crippen LogP contribution in [0.3, 0.4) is 0 Å². The van der Waals surface area contributed by atoms with Gasteiger partial charge in [-0.25, -0.2) is 0 Å². The lowest BCUT2D eigenvalue weighted by Gasteiger charge is -2.31. The van der Waals surface area contributed by atoms with Gasteiger partial charge >= 0.3 is 0 Å². The predicted molar refractivity (Wildman–Crippen MR) is 132 cm³/mol. The lowest BCUT2D eigenvalue weighted by molar-refractivity contribution is 0.103. The number of piperidine rings is 1. The molecule has 3 rings (SSSR count). The predicted octanol–water partition coefficient (Wildman–Crippen LogP) is 6.90. The smallest absolute Gasteiger partial charge is 0.196 e. The van der Waals surface area contributed by atoms with Gasteiger partial charge in [-0.05, 0) is 99.8 Å². The zero-order valence-electron chi connectivity index (χ0n) is 19.0. The summed E-state index contributed by atoms with van der Waals surface area (Å²) in [5, 5.41) is 2.55. The number of halogens is 1. The molecule has 0 saturated carbocycles. The van der Waals surface area contributed by atoms with E-state index in [0.717, 1.165) is 35.7 Å². The molecule has 1 aromatic rings. The van der Waals surface area contributed by atoms with E-state index in [9.17, 15) is 4.79 Å². The summed E-state index contributed by atoms with van der Waals surface area (Å²) in [5.41, 5.74) is 3.84. The van der Waals surface area contributed by atoms with Crippen LogP contribution >= 0.6 is 23.5 Å². The molecular formula is C25H35ClN2OS. The second-order valence-electron chi connectivity index (χ2n) is 7.80. The number of nitrogens with zero attached hydrogens (tertiary/aromatic N) is 2. The Morgan fingerprint density at radius 3 is 2.57 bits per heavy atom. The van der Waals surface area contributed by atoms with E-state index in [-0.39, 0.29) is 5.78 Å². The fourth-order valence-electron chi connectivity index (χ4n) is 3.84. The quantitative estimate of drug-likeness (QED) is 0.362. The van der Waals surface area contributed by atoms with Gasteiger partial charge in [0.1, 0.15) is 0 Å². The van der Waals surface area contributed by atoms with Crippen LogP contribution in [0.4, 0.5) is 0 Å². The highest BCUT2D eigenvalue weighted by atomic mass is 35.5. The SMILES string of the molecule is C=C1C=CSN(CCC2CCN(C)CC2)C(C)=C1C(=O)c1cccc(C)c1Cl.CC. The average molecular weight is 447 g/mol. The third kappa shape index (κ3) is 6.03. The molecule has 0 spiro atoms. The molecule has 0 bridgehead atoms. The van der Waals surface area contributed by atoms with Crippen molar-refractivity contribution in [1.29, 1.82) is 0 Å². The van der Waals surface area contributed by atoms with Crippen molar-refractivity contribution in [3.63, 3.8) is 0 Å². The van der Waals surface area contributed by atoms with Crippen molar-refractivity contribution in [2.75, 3.05) is 26.7 Å². The second-order valence-corrected chi connectivity index (χ2v) is 9.10. The molecule has 0 aromatic heterocycles. The first-order valence-corrected chi connectivity index (χ1v) is 12.1. The van der Waals surface area contributed by atoms with Gasteiger partial charge in [0.2, 0.25) is 0 Å². The zero-order chi connectivity index (χ0) is 22.3. The molecule has 0 unspecified atom stereocenters. The molecule has 1 aromatic carbocycles. The number of hydrogen-bond donors (Lipinski definition) is 0. The third-order valence-electron chi connectivity index (χ3n) is 5.76. The van der Waals surface area contributed by atoms with Crippen molar-refractivity contribution >= 4 is 29.3 Å². The van der Waals surface area contributed by atoms with Gasteiger partial charge in [0, 0.05) is 23.4 Å². The van der Waals surface area contributed by atoms with Crippen LogP contribution in [0.5, 0.6) is 0 Å². The van der Waals surface area contributed by atoms with E-state index in [4.69, 9.17) is 11.6 Å². The number of ketones is 1. The van der Waals surface area contributed by atoms with Gasteiger partial charge in [-0.3, -0.25) is 4.79 Å². The summed E-state index contributed by atoms with van der Waals surface area (Å²) in [6, 6.07) is 5.61. The van der Waals surface area contributed by atoms with Gasteiger partial charge in [-0.1, -0.05) is 44.2 Å². The number of aryl methyl sites for hydroxylation is 1. The maximum atomic E-state index is 13.4. The van der Waals surface area contributed by atoms with Crippen LogP contribution < -0.4 is 0 Å². The van der Waals surface area contributed by atoms with Crippen LogP contribution in [-0.4, -0.2) is 41.7 Å². The number of likely N-dealkylation sites (tertiary alicyclic amines) is 1. The van der Waals surface area contributed by atoms with Gasteiger partial charge in [0.15, 0.2) is 5.78 Å². The Hall–Kier alpha value is -1.49. The Kier molecular flexibility index (Phi) is 9.73. The lowest BCUT2D eigenvalue weighted by atomic mass is 9.93. The number of Topliss-reactive ketones (excluding diaryl/α,β-unsaturated/α-hetero) is 1. The molecule has 2 aliphatic rings. The highest BCUT2D eigenvalue weighted by Gasteiger charge is 2.25. The molecule has 0 N–H and O–H groups in total. The molecule has 0 radical (unpaired) electrons. The van der Waals surface area contributed by atoms with Gasteiger partial charge < -0.3 is 9.21 Å². The van der Waals surface area contributed by atoms with Gasteiger partial charge in [0.25, 0.3) is 0 Å². The largest absolute Gasteiger partial charge is 0.316 e. The highest BCUT2D eigenvalue weighted by Crippen LogP contribution is 2.34. The summed E-state index contributed by atoms with van der Waals surface area (Å²) < 4.78 is 2.24. The maximum absolute atomic E-state index is 13.4. The zero-order valence-corrected chi connectivity index (χ0v) is 20.6. The molecule has 0 amide bonds. The summed E-state index contributed by atoms with van der Waals surface area (Å²) in [6.45, 7) is 15.4. The molecule has 3 nitrogen and oxygen atoms in total. The van der Waals surface area contributed by atoms with E-state index in [2.05, 4.69) is 22.8 Å². The normalized spacial score (nSPS) is 18.2. The van der Waals surface area contributed by atoms with Crippen LogP contribution in [-0.2, 0) is 0 Å². The Morgan fingerprint density at radius 2 is 1.90 bits per heavy atom. The second kappa shape index (κ2) is 11.8. The maximum Gasteiger partial charge on any atom is 0.196 e. The van der Waals surface area contributed by atoms with E-state index >= 15 is 0 Å².